The minimum absolute atomic E-state index is 0.0906. The number of aromatic nitrogens is 2. The van der Waals surface area contributed by atoms with Gasteiger partial charge < -0.3 is 15.2 Å². The molecule has 0 aliphatic rings. The Kier molecular flexibility index (Phi) is 5.46. The quantitative estimate of drug-likeness (QED) is 0.842. The number of rotatable bonds is 6. The molecule has 0 aliphatic heterocycles. The summed E-state index contributed by atoms with van der Waals surface area (Å²) in [6, 6.07) is 5.87. The van der Waals surface area contributed by atoms with Gasteiger partial charge >= 0.3 is 0 Å². The summed E-state index contributed by atoms with van der Waals surface area (Å²) >= 11 is 0. The van der Waals surface area contributed by atoms with E-state index in [1.54, 1.807) is 30.7 Å². The molecule has 2 rings (SSSR count). The van der Waals surface area contributed by atoms with Crippen LogP contribution in [0.5, 0.6) is 0 Å². The summed E-state index contributed by atoms with van der Waals surface area (Å²) in [6.07, 6.45) is -0.767. The molecule has 1 unspecified atom stereocenters. The molecule has 23 heavy (non-hydrogen) atoms. The maximum atomic E-state index is 13.0. The second-order valence-electron chi connectivity index (χ2n) is 5.25. The lowest BCUT2D eigenvalue weighted by Crippen LogP contribution is -2.34. The van der Waals surface area contributed by atoms with Gasteiger partial charge in [-0.3, -0.25) is 4.79 Å². The van der Waals surface area contributed by atoms with E-state index in [2.05, 4.69) is 10.4 Å². The summed E-state index contributed by atoms with van der Waals surface area (Å²) in [7, 11) is 1.48. The molecule has 1 atom stereocenters. The fraction of sp³-hybridized carbons (Fsp3) is 0.375. The predicted molar refractivity (Wildman–Crippen MR) is 83.2 cm³/mol. The molecule has 0 bridgehead atoms. The van der Waals surface area contributed by atoms with E-state index in [-0.39, 0.29) is 24.9 Å². The van der Waals surface area contributed by atoms with E-state index in [4.69, 9.17) is 4.74 Å². The minimum atomic E-state index is -0.767. The number of benzene rings is 1. The van der Waals surface area contributed by atoms with Crippen molar-refractivity contribution in [3.05, 3.63) is 47.0 Å². The van der Waals surface area contributed by atoms with Gasteiger partial charge in [0, 0.05) is 13.7 Å². The van der Waals surface area contributed by atoms with Gasteiger partial charge in [0.05, 0.1) is 35.3 Å². The van der Waals surface area contributed by atoms with Crippen LogP contribution in [0.25, 0.3) is 5.69 Å². The number of amides is 1. The Labute approximate surface area is 133 Å². The molecule has 1 aromatic carbocycles. The summed E-state index contributed by atoms with van der Waals surface area (Å²) in [5.74, 6) is -0.649. The van der Waals surface area contributed by atoms with Crippen molar-refractivity contribution in [3.63, 3.8) is 0 Å². The van der Waals surface area contributed by atoms with Crippen molar-refractivity contribution in [2.45, 2.75) is 20.0 Å². The number of nitrogens with zero attached hydrogens (tertiary/aromatic N) is 2. The number of aliphatic hydroxyl groups excluding tert-OH is 1. The zero-order chi connectivity index (χ0) is 17.0. The van der Waals surface area contributed by atoms with Gasteiger partial charge in [0.1, 0.15) is 5.82 Å². The lowest BCUT2D eigenvalue weighted by Gasteiger charge is -2.11. The Morgan fingerprint density at radius 1 is 1.39 bits per heavy atom. The third-order valence-corrected chi connectivity index (χ3v) is 3.45. The van der Waals surface area contributed by atoms with Crippen LogP contribution in [0.2, 0.25) is 0 Å². The number of nitrogens with one attached hydrogen (secondary N) is 1. The second-order valence-corrected chi connectivity index (χ2v) is 5.25. The number of hydrogen-bond donors (Lipinski definition) is 2. The zero-order valence-corrected chi connectivity index (χ0v) is 13.3. The Hall–Kier alpha value is -2.25. The van der Waals surface area contributed by atoms with Crippen molar-refractivity contribution in [1.82, 2.24) is 15.1 Å². The number of aliphatic hydroxyl groups is 1. The van der Waals surface area contributed by atoms with E-state index in [0.717, 1.165) is 0 Å². The molecule has 124 valence electrons. The number of carbonyl (C=O) groups excluding carboxylic acids is 1. The van der Waals surface area contributed by atoms with Gasteiger partial charge in [-0.15, -0.1) is 0 Å². The highest BCUT2D eigenvalue weighted by Crippen LogP contribution is 2.18. The van der Waals surface area contributed by atoms with Crippen LogP contribution in [-0.4, -0.2) is 47.2 Å². The van der Waals surface area contributed by atoms with Crippen molar-refractivity contribution in [2.24, 2.45) is 0 Å². The summed E-state index contributed by atoms with van der Waals surface area (Å²) in [5, 5.41) is 16.6. The second kappa shape index (κ2) is 7.34. The molecule has 0 fully saturated rings. The van der Waals surface area contributed by atoms with Crippen LogP contribution >= 0.6 is 0 Å². The molecular weight excluding hydrogens is 301 g/mol. The van der Waals surface area contributed by atoms with Gasteiger partial charge in [-0.05, 0) is 38.1 Å². The molecule has 0 saturated carbocycles. The van der Waals surface area contributed by atoms with Crippen molar-refractivity contribution >= 4 is 5.91 Å². The largest absolute Gasteiger partial charge is 0.389 e. The first-order chi connectivity index (χ1) is 10.9. The molecule has 2 aromatic rings. The SMILES string of the molecule is COCC(O)CNC(=O)c1c(C)nn(-c2ccc(F)cc2)c1C. The summed E-state index contributed by atoms with van der Waals surface area (Å²) < 4.78 is 19.4. The fourth-order valence-electron chi connectivity index (χ4n) is 2.36. The topological polar surface area (TPSA) is 76.4 Å². The van der Waals surface area contributed by atoms with E-state index >= 15 is 0 Å². The lowest BCUT2D eigenvalue weighted by molar-refractivity contribution is 0.0609. The Balaban J connectivity index is 2.20. The van der Waals surface area contributed by atoms with E-state index in [1.165, 1.54) is 19.2 Å². The molecule has 0 spiro atoms. The summed E-state index contributed by atoms with van der Waals surface area (Å²) in [5.41, 5.74) is 2.32. The van der Waals surface area contributed by atoms with Crippen molar-refractivity contribution < 1.29 is 19.0 Å². The number of halogens is 1. The fourth-order valence-corrected chi connectivity index (χ4v) is 2.36. The van der Waals surface area contributed by atoms with E-state index in [0.29, 0.717) is 22.6 Å². The third kappa shape index (κ3) is 3.94. The molecule has 1 aromatic heterocycles. The Morgan fingerprint density at radius 2 is 2.04 bits per heavy atom. The highest BCUT2D eigenvalue weighted by molar-refractivity contribution is 5.96. The highest BCUT2D eigenvalue weighted by Gasteiger charge is 2.20. The van der Waals surface area contributed by atoms with Crippen LogP contribution in [-0.2, 0) is 4.74 Å². The Morgan fingerprint density at radius 3 is 2.65 bits per heavy atom. The van der Waals surface area contributed by atoms with Crippen molar-refractivity contribution in [3.8, 4) is 5.69 Å². The monoisotopic (exact) mass is 321 g/mol. The van der Waals surface area contributed by atoms with E-state index < -0.39 is 6.10 Å². The molecule has 6 nitrogen and oxygen atoms in total. The molecule has 0 saturated heterocycles. The highest BCUT2D eigenvalue weighted by atomic mass is 19.1. The standard InChI is InChI=1S/C16H20FN3O3/c1-10-15(16(22)18-8-14(21)9-23-3)11(2)20(19-10)13-6-4-12(17)5-7-13/h4-7,14,21H,8-9H2,1-3H3,(H,18,22). The van der Waals surface area contributed by atoms with Crippen LogP contribution in [0.3, 0.4) is 0 Å². The van der Waals surface area contributed by atoms with Crippen LogP contribution in [0, 0.1) is 19.7 Å². The van der Waals surface area contributed by atoms with Crippen molar-refractivity contribution in [2.75, 3.05) is 20.3 Å². The smallest absolute Gasteiger partial charge is 0.255 e. The number of methoxy groups -OCH3 is 1. The van der Waals surface area contributed by atoms with Crippen LogP contribution in [0.1, 0.15) is 21.7 Å². The molecule has 7 heteroatoms. The molecule has 2 N–H and O–H groups in total. The predicted octanol–water partition coefficient (Wildman–Crippen LogP) is 1.37. The first-order valence-electron chi connectivity index (χ1n) is 7.21. The minimum Gasteiger partial charge on any atom is -0.389 e. The number of carbonyl (C=O) groups is 1. The van der Waals surface area contributed by atoms with E-state index in [1.807, 2.05) is 0 Å². The summed E-state index contributed by atoms with van der Waals surface area (Å²) in [4.78, 5) is 12.3. The van der Waals surface area contributed by atoms with Gasteiger partial charge in [0.2, 0.25) is 0 Å². The molecule has 1 amide bonds. The average Bonchev–Trinajstić information content (AvgIpc) is 2.81. The van der Waals surface area contributed by atoms with Gasteiger partial charge in [-0.25, -0.2) is 9.07 Å². The number of aryl methyl sites for hydroxylation is 1. The number of ether oxygens (including phenoxy) is 1. The lowest BCUT2D eigenvalue weighted by atomic mass is 10.2. The first kappa shape index (κ1) is 17.1. The first-order valence-corrected chi connectivity index (χ1v) is 7.21. The Bertz CT molecular complexity index is 683. The third-order valence-electron chi connectivity index (χ3n) is 3.45. The maximum Gasteiger partial charge on any atom is 0.255 e. The average molecular weight is 321 g/mol. The van der Waals surface area contributed by atoms with Crippen LogP contribution in [0.4, 0.5) is 4.39 Å². The van der Waals surface area contributed by atoms with Crippen LogP contribution in [0.15, 0.2) is 24.3 Å². The van der Waals surface area contributed by atoms with Crippen LogP contribution < -0.4 is 5.32 Å². The number of hydrogen-bond acceptors (Lipinski definition) is 4. The normalized spacial score (nSPS) is 12.2. The van der Waals surface area contributed by atoms with Gasteiger partial charge in [0.15, 0.2) is 0 Å². The van der Waals surface area contributed by atoms with Crippen molar-refractivity contribution in [1.29, 1.82) is 0 Å². The molecule has 0 aliphatic carbocycles. The van der Waals surface area contributed by atoms with Gasteiger partial charge in [0.25, 0.3) is 5.91 Å². The molecule has 1 heterocycles. The molecule has 0 radical (unpaired) electrons. The van der Waals surface area contributed by atoms with E-state index in [9.17, 15) is 14.3 Å². The van der Waals surface area contributed by atoms with Gasteiger partial charge in [-0.2, -0.15) is 5.10 Å². The summed E-state index contributed by atoms with van der Waals surface area (Å²) in [6.45, 7) is 3.73. The maximum absolute atomic E-state index is 13.0. The van der Waals surface area contributed by atoms with Gasteiger partial charge in [-0.1, -0.05) is 0 Å². The molecular formula is C16H20FN3O3. The zero-order valence-electron chi connectivity index (χ0n) is 13.3.